The summed E-state index contributed by atoms with van der Waals surface area (Å²) in [4.78, 5) is 28.8. The average molecular weight is 429 g/mol. The molecule has 0 aromatic carbocycles. The maximum atomic E-state index is 12.4. The second-order valence-corrected chi connectivity index (χ2v) is 14.6. The molecule has 1 heterocycles. The second kappa shape index (κ2) is 9.75. The van der Waals surface area contributed by atoms with Crippen LogP contribution in [0.15, 0.2) is 16.9 Å². The number of amides is 1. The topological polar surface area (TPSA) is 111 Å². The van der Waals surface area contributed by atoms with E-state index >= 15 is 0 Å². The maximum absolute atomic E-state index is 12.4. The van der Waals surface area contributed by atoms with Gasteiger partial charge in [0, 0.05) is 0 Å². The highest BCUT2D eigenvalue weighted by Crippen LogP contribution is 2.44. The van der Waals surface area contributed by atoms with Gasteiger partial charge in [0.2, 0.25) is 14.2 Å². The van der Waals surface area contributed by atoms with Gasteiger partial charge in [0.05, 0.1) is 6.20 Å². The number of oxazole rings is 1. The van der Waals surface area contributed by atoms with E-state index in [1.807, 2.05) is 0 Å². The zero-order valence-corrected chi connectivity index (χ0v) is 20.0. The molecule has 0 bridgehead atoms. The van der Waals surface area contributed by atoms with Crippen molar-refractivity contribution in [1.82, 2.24) is 10.3 Å². The summed E-state index contributed by atoms with van der Waals surface area (Å²) < 4.78 is 17.1. The molecule has 1 aromatic rings. The van der Waals surface area contributed by atoms with Crippen LogP contribution in [0.25, 0.3) is 0 Å². The van der Waals surface area contributed by atoms with Gasteiger partial charge < -0.3 is 24.0 Å². The van der Waals surface area contributed by atoms with Crippen LogP contribution < -0.4 is 5.32 Å². The van der Waals surface area contributed by atoms with Crippen LogP contribution >= 0.6 is 0 Å². The molecule has 9 heteroatoms. The second-order valence-electron chi connectivity index (χ2n) is 9.19. The van der Waals surface area contributed by atoms with Gasteiger partial charge in [-0.3, -0.25) is 0 Å². The van der Waals surface area contributed by atoms with Gasteiger partial charge in [-0.05, 0) is 37.4 Å². The smallest absolute Gasteiger partial charge is 0.408 e. The SMILES string of the molecule is CC(C)[Si](O[C@@H](C(=O)O)[C@@H](NC(=O)OC(C)(C)C)c1ncco1)(C(C)C)C(C)C. The van der Waals surface area contributed by atoms with Crippen LogP contribution in [0.5, 0.6) is 0 Å². The normalized spacial score (nSPS) is 14.9. The highest BCUT2D eigenvalue weighted by Gasteiger charge is 2.50. The van der Waals surface area contributed by atoms with Crippen LogP contribution in [0.3, 0.4) is 0 Å². The molecule has 0 saturated heterocycles. The van der Waals surface area contributed by atoms with E-state index < -0.39 is 38.1 Å². The number of hydrogen-bond acceptors (Lipinski definition) is 6. The quantitative estimate of drug-likeness (QED) is 0.539. The van der Waals surface area contributed by atoms with Crippen molar-refractivity contribution in [2.24, 2.45) is 0 Å². The third-order valence-corrected chi connectivity index (χ3v) is 11.1. The summed E-state index contributed by atoms with van der Waals surface area (Å²) in [6, 6.07) is -1.12. The van der Waals surface area contributed by atoms with E-state index in [2.05, 4.69) is 51.8 Å². The number of carbonyl (C=O) groups excluding carboxylic acids is 1. The largest absolute Gasteiger partial charge is 0.479 e. The number of aromatic nitrogens is 1. The molecular formula is C20H36N2O6Si. The van der Waals surface area contributed by atoms with Crippen molar-refractivity contribution in [1.29, 1.82) is 0 Å². The van der Waals surface area contributed by atoms with Crippen LogP contribution in [0.4, 0.5) is 4.79 Å². The molecule has 166 valence electrons. The number of carboxylic acid groups (broad SMARTS) is 1. The lowest BCUT2D eigenvalue weighted by molar-refractivity contribution is -0.147. The molecule has 2 atom stereocenters. The Labute approximate surface area is 174 Å². The van der Waals surface area contributed by atoms with E-state index in [0.717, 1.165) is 0 Å². The molecule has 2 N–H and O–H groups in total. The Hall–Kier alpha value is -1.87. The van der Waals surface area contributed by atoms with Gasteiger partial charge in [0.1, 0.15) is 17.9 Å². The summed E-state index contributed by atoms with van der Waals surface area (Å²) in [7, 11) is -2.57. The number of carboxylic acids is 1. The molecule has 1 aromatic heterocycles. The number of rotatable bonds is 9. The molecule has 0 radical (unpaired) electrons. The minimum atomic E-state index is -2.57. The third kappa shape index (κ3) is 6.30. The molecule has 0 saturated carbocycles. The Morgan fingerprint density at radius 3 is 1.97 bits per heavy atom. The number of nitrogens with zero attached hydrogens (tertiary/aromatic N) is 1. The summed E-state index contributed by atoms with van der Waals surface area (Å²) in [5.41, 5.74) is -0.250. The molecular weight excluding hydrogens is 392 g/mol. The predicted molar refractivity (Wildman–Crippen MR) is 112 cm³/mol. The summed E-state index contributed by atoms with van der Waals surface area (Å²) in [6.07, 6.45) is 0.605. The van der Waals surface area contributed by atoms with Gasteiger partial charge in [-0.2, -0.15) is 0 Å². The van der Waals surface area contributed by atoms with Gasteiger partial charge >= 0.3 is 12.1 Å². The number of alkyl carbamates (subject to hydrolysis) is 1. The molecule has 29 heavy (non-hydrogen) atoms. The first-order valence-corrected chi connectivity index (χ1v) is 12.2. The van der Waals surface area contributed by atoms with Crippen molar-refractivity contribution >= 4 is 20.4 Å². The maximum Gasteiger partial charge on any atom is 0.408 e. The van der Waals surface area contributed by atoms with Crippen molar-refractivity contribution < 1.29 is 28.3 Å². The van der Waals surface area contributed by atoms with Crippen molar-refractivity contribution in [3.63, 3.8) is 0 Å². The van der Waals surface area contributed by atoms with E-state index in [1.165, 1.54) is 12.5 Å². The fourth-order valence-electron chi connectivity index (χ4n) is 3.98. The highest BCUT2D eigenvalue weighted by atomic mass is 28.4. The van der Waals surface area contributed by atoms with Crippen LogP contribution in [-0.4, -0.2) is 42.2 Å². The monoisotopic (exact) mass is 428 g/mol. The zero-order valence-electron chi connectivity index (χ0n) is 19.0. The molecule has 1 rings (SSSR count). The molecule has 0 spiro atoms. The third-order valence-electron chi connectivity index (χ3n) is 4.97. The summed E-state index contributed by atoms with van der Waals surface area (Å²) in [6.45, 7) is 17.6. The van der Waals surface area contributed by atoms with E-state index in [-0.39, 0.29) is 22.5 Å². The van der Waals surface area contributed by atoms with Crippen molar-refractivity contribution in [2.45, 2.75) is 96.7 Å². The van der Waals surface area contributed by atoms with E-state index in [1.54, 1.807) is 20.8 Å². The summed E-state index contributed by atoms with van der Waals surface area (Å²) in [5.74, 6) is -1.13. The van der Waals surface area contributed by atoms with Gasteiger partial charge in [-0.1, -0.05) is 41.5 Å². The Balaban J connectivity index is 3.37. The first kappa shape index (κ1) is 25.2. The number of carbonyl (C=O) groups is 2. The molecule has 0 fully saturated rings. The summed E-state index contributed by atoms with van der Waals surface area (Å²) >= 11 is 0. The van der Waals surface area contributed by atoms with E-state index in [4.69, 9.17) is 13.6 Å². The molecule has 1 amide bonds. The van der Waals surface area contributed by atoms with E-state index in [9.17, 15) is 14.7 Å². The van der Waals surface area contributed by atoms with Crippen molar-refractivity contribution in [3.05, 3.63) is 18.4 Å². The van der Waals surface area contributed by atoms with Crippen LogP contribution in [0, 0.1) is 0 Å². The van der Waals surface area contributed by atoms with Crippen LogP contribution in [0.1, 0.15) is 74.2 Å². The fraction of sp³-hybridized carbons (Fsp3) is 0.750. The minimum Gasteiger partial charge on any atom is -0.479 e. The lowest BCUT2D eigenvalue weighted by Crippen LogP contribution is -2.55. The first-order chi connectivity index (χ1) is 13.2. The first-order valence-electron chi connectivity index (χ1n) is 10.0. The summed E-state index contributed by atoms with van der Waals surface area (Å²) in [5, 5.41) is 12.6. The number of aliphatic carboxylic acids is 1. The molecule has 0 unspecified atom stereocenters. The number of hydrogen-bond donors (Lipinski definition) is 2. The van der Waals surface area contributed by atoms with Crippen LogP contribution in [0.2, 0.25) is 16.6 Å². The molecule has 0 aliphatic heterocycles. The predicted octanol–water partition coefficient (Wildman–Crippen LogP) is 4.89. The highest BCUT2D eigenvalue weighted by molar-refractivity contribution is 6.77. The van der Waals surface area contributed by atoms with Gasteiger partial charge in [-0.15, -0.1) is 0 Å². The van der Waals surface area contributed by atoms with Crippen molar-refractivity contribution in [3.8, 4) is 0 Å². The lowest BCUT2D eigenvalue weighted by Gasteiger charge is -2.44. The molecule has 0 aliphatic rings. The minimum absolute atomic E-state index is 0.0578. The Morgan fingerprint density at radius 1 is 1.10 bits per heavy atom. The van der Waals surface area contributed by atoms with E-state index in [0.29, 0.717) is 0 Å². The standard InChI is InChI=1S/C20H36N2O6Si/c1-12(2)29(13(3)4,14(5)6)28-16(18(23)24)15(17-21-10-11-26-17)22-19(25)27-20(7,8)9/h10-16H,1-9H3,(H,22,25)(H,23,24)/t15-,16-/m1/s1. The molecule has 8 nitrogen and oxygen atoms in total. The Bertz CT molecular complexity index is 645. The number of nitrogens with one attached hydrogen (secondary N) is 1. The van der Waals surface area contributed by atoms with Crippen LogP contribution in [-0.2, 0) is 14.0 Å². The van der Waals surface area contributed by atoms with Gasteiger partial charge in [0.15, 0.2) is 6.10 Å². The zero-order chi connectivity index (χ0) is 22.6. The van der Waals surface area contributed by atoms with Gasteiger partial charge in [-0.25, -0.2) is 14.6 Å². The van der Waals surface area contributed by atoms with Crippen molar-refractivity contribution in [2.75, 3.05) is 0 Å². The average Bonchev–Trinajstić information content (AvgIpc) is 3.05. The fourth-order valence-corrected chi connectivity index (χ4v) is 9.47. The number of ether oxygens (including phenoxy) is 1. The Morgan fingerprint density at radius 2 is 1.62 bits per heavy atom. The van der Waals surface area contributed by atoms with Gasteiger partial charge in [0.25, 0.3) is 0 Å². The molecule has 0 aliphatic carbocycles. The lowest BCUT2D eigenvalue weighted by atomic mass is 10.1. The Kier molecular flexibility index (Phi) is 8.46.